The summed E-state index contributed by atoms with van der Waals surface area (Å²) >= 11 is 0. The van der Waals surface area contributed by atoms with Gasteiger partial charge in [-0.3, -0.25) is 0 Å². The van der Waals surface area contributed by atoms with Crippen LogP contribution in [0.5, 0.6) is 0 Å². The van der Waals surface area contributed by atoms with Crippen LogP contribution in [0.4, 0.5) is 0 Å². The molecule has 0 aromatic rings. The lowest BCUT2D eigenvalue weighted by Crippen LogP contribution is -2.27. The zero-order valence-corrected chi connectivity index (χ0v) is 7.53. The minimum Gasteiger partial charge on any atom is -0.369 e. The van der Waals surface area contributed by atoms with Crippen molar-refractivity contribution in [2.45, 2.75) is 58.2 Å². The van der Waals surface area contributed by atoms with E-state index >= 15 is 0 Å². The lowest BCUT2D eigenvalue weighted by molar-refractivity contribution is -0.0765. The van der Waals surface area contributed by atoms with Crippen molar-refractivity contribution >= 4 is 0 Å². The molecule has 0 N–H and O–H groups in total. The van der Waals surface area contributed by atoms with Crippen LogP contribution in [0, 0.1) is 0 Å². The Labute approximate surface area is 63.8 Å². The van der Waals surface area contributed by atoms with Gasteiger partial charge >= 0.3 is 0 Å². The second-order valence-electron chi connectivity index (χ2n) is 4.17. The van der Waals surface area contributed by atoms with E-state index in [1.54, 1.807) is 0 Å². The Morgan fingerprint density at radius 2 is 1.80 bits per heavy atom. The van der Waals surface area contributed by atoms with Gasteiger partial charge in [-0.25, -0.2) is 0 Å². The summed E-state index contributed by atoms with van der Waals surface area (Å²) in [6.45, 7) is 8.75. The molecule has 1 rings (SSSR count). The van der Waals surface area contributed by atoms with Gasteiger partial charge in [0, 0.05) is 0 Å². The van der Waals surface area contributed by atoms with Crippen molar-refractivity contribution in [3.63, 3.8) is 0 Å². The maximum Gasteiger partial charge on any atom is 0.0660 e. The monoisotopic (exact) mass is 142 g/mol. The Kier molecular flexibility index (Phi) is 1.80. The van der Waals surface area contributed by atoms with Crippen LogP contribution in [0.1, 0.15) is 47.0 Å². The van der Waals surface area contributed by atoms with E-state index in [1.165, 1.54) is 12.8 Å². The lowest BCUT2D eigenvalue weighted by Gasteiger charge is -2.26. The zero-order chi connectivity index (χ0) is 7.83. The van der Waals surface area contributed by atoms with E-state index in [0.29, 0.717) is 0 Å². The topological polar surface area (TPSA) is 9.23 Å². The maximum absolute atomic E-state index is 5.89. The molecule has 1 heteroatoms. The van der Waals surface area contributed by atoms with Crippen molar-refractivity contribution < 1.29 is 4.74 Å². The molecule has 0 saturated carbocycles. The van der Waals surface area contributed by atoms with Crippen LogP contribution >= 0.6 is 0 Å². The molecule has 1 nitrogen and oxygen atoms in total. The van der Waals surface area contributed by atoms with E-state index in [4.69, 9.17) is 4.74 Å². The summed E-state index contributed by atoms with van der Waals surface area (Å²) in [6.07, 6.45) is 3.56. The SMILES string of the molecule is CC[C@@]1(C)CCC(C)(C)O1. The van der Waals surface area contributed by atoms with Gasteiger partial charge < -0.3 is 4.74 Å². The number of rotatable bonds is 1. The van der Waals surface area contributed by atoms with Gasteiger partial charge in [0.15, 0.2) is 0 Å². The van der Waals surface area contributed by atoms with Gasteiger partial charge in [-0.05, 0) is 40.0 Å². The van der Waals surface area contributed by atoms with Crippen molar-refractivity contribution in [1.82, 2.24) is 0 Å². The molecule has 0 aliphatic carbocycles. The Morgan fingerprint density at radius 3 is 2.00 bits per heavy atom. The first-order chi connectivity index (χ1) is 4.47. The zero-order valence-electron chi connectivity index (χ0n) is 7.53. The van der Waals surface area contributed by atoms with Gasteiger partial charge in [0.2, 0.25) is 0 Å². The molecule has 0 unspecified atom stereocenters. The largest absolute Gasteiger partial charge is 0.369 e. The van der Waals surface area contributed by atoms with Gasteiger partial charge in [0.05, 0.1) is 11.2 Å². The molecule has 0 spiro atoms. The van der Waals surface area contributed by atoms with Gasteiger partial charge in [0.1, 0.15) is 0 Å². The van der Waals surface area contributed by atoms with Crippen molar-refractivity contribution in [3.8, 4) is 0 Å². The molecule has 1 aliphatic heterocycles. The third-order valence-electron chi connectivity index (χ3n) is 2.53. The molecule has 1 saturated heterocycles. The van der Waals surface area contributed by atoms with Crippen LogP contribution in [-0.4, -0.2) is 11.2 Å². The van der Waals surface area contributed by atoms with Crippen molar-refractivity contribution in [2.24, 2.45) is 0 Å². The molecular weight excluding hydrogens is 124 g/mol. The van der Waals surface area contributed by atoms with Crippen molar-refractivity contribution in [1.29, 1.82) is 0 Å². The van der Waals surface area contributed by atoms with Gasteiger partial charge in [-0.15, -0.1) is 0 Å². The lowest BCUT2D eigenvalue weighted by atomic mass is 9.97. The van der Waals surface area contributed by atoms with Gasteiger partial charge in [-0.2, -0.15) is 0 Å². The average molecular weight is 142 g/mol. The minimum atomic E-state index is 0.130. The maximum atomic E-state index is 5.89. The van der Waals surface area contributed by atoms with Crippen molar-refractivity contribution in [2.75, 3.05) is 0 Å². The van der Waals surface area contributed by atoms with Crippen LogP contribution in [-0.2, 0) is 4.74 Å². The molecule has 0 aromatic heterocycles. The summed E-state index contributed by atoms with van der Waals surface area (Å²) in [5, 5.41) is 0. The number of ether oxygens (including phenoxy) is 1. The molecule has 60 valence electrons. The average Bonchev–Trinajstić information content (AvgIpc) is 2.08. The van der Waals surface area contributed by atoms with Gasteiger partial charge in [0.25, 0.3) is 0 Å². The summed E-state index contributed by atoms with van der Waals surface area (Å²) in [5.41, 5.74) is 0.300. The number of hydrogen-bond donors (Lipinski definition) is 0. The molecule has 10 heavy (non-hydrogen) atoms. The molecule has 0 amide bonds. The highest BCUT2D eigenvalue weighted by Gasteiger charge is 2.38. The summed E-state index contributed by atoms with van der Waals surface area (Å²) in [6, 6.07) is 0. The fraction of sp³-hybridized carbons (Fsp3) is 1.00. The molecule has 1 aliphatic rings. The quantitative estimate of drug-likeness (QED) is 0.547. The predicted octanol–water partition coefficient (Wildman–Crippen LogP) is 2.74. The Balaban J connectivity index is 2.57. The van der Waals surface area contributed by atoms with E-state index in [2.05, 4.69) is 27.7 Å². The predicted molar refractivity (Wildman–Crippen MR) is 43.1 cm³/mol. The summed E-state index contributed by atoms with van der Waals surface area (Å²) in [5.74, 6) is 0. The number of hydrogen-bond acceptors (Lipinski definition) is 1. The first-order valence-electron chi connectivity index (χ1n) is 4.18. The molecule has 1 fully saturated rings. The summed E-state index contributed by atoms with van der Waals surface area (Å²) < 4.78 is 5.89. The van der Waals surface area contributed by atoms with Crippen LogP contribution in [0.2, 0.25) is 0 Å². The fourth-order valence-corrected chi connectivity index (χ4v) is 1.58. The van der Waals surface area contributed by atoms with Gasteiger partial charge in [-0.1, -0.05) is 6.92 Å². The Bertz CT molecular complexity index is 129. The minimum absolute atomic E-state index is 0.130. The molecular formula is C9H18O. The van der Waals surface area contributed by atoms with E-state index in [0.717, 1.165) is 6.42 Å². The van der Waals surface area contributed by atoms with E-state index in [-0.39, 0.29) is 11.2 Å². The summed E-state index contributed by atoms with van der Waals surface area (Å²) in [4.78, 5) is 0. The Morgan fingerprint density at radius 1 is 1.20 bits per heavy atom. The normalized spacial score (nSPS) is 38.4. The van der Waals surface area contributed by atoms with Crippen LogP contribution < -0.4 is 0 Å². The smallest absolute Gasteiger partial charge is 0.0660 e. The van der Waals surface area contributed by atoms with E-state index < -0.39 is 0 Å². The van der Waals surface area contributed by atoms with E-state index in [9.17, 15) is 0 Å². The first-order valence-corrected chi connectivity index (χ1v) is 4.18. The highest BCUT2D eigenvalue weighted by molar-refractivity contribution is 4.88. The molecule has 0 bridgehead atoms. The fourth-order valence-electron chi connectivity index (χ4n) is 1.58. The molecule has 1 heterocycles. The standard InChI is InChI=1S/C9H18O/c1-5-9(4)7-6-8(2,3)10-9/h5-7H2,1-4H3/t9-/m0/s1. The second kappa shape index (κ2) is 2.23. The molecule has 0 aromatic carbocycles. The second-order valence-corrected chi connectivity index (χ2v) is 4.17. The van der Waals surface area contributed by atoms with Crippen LogP contribution in [0.25, 0.3) is 0 Å². The summed E-state index contributed by atoms with van der Waals surface area (Å²) in [7, 11) is 0. The third kappa shape index (κ3) is 1.51. The third-order valence-corrected chi connectivity index (χ3v) is 2.53. The van der Waals surface area contributed by atoms with E-state index in [1.807, 2.05) is 0 Å². The van der Waals surface area contributed by atoms with Crippen LogP contribution in [0.3, 0.4) is 0 Å². The Hall–Kier alpha value is -0.0400. The first kappa shape index (κ1) is 8.06. The van der Waals surface area contributed by atoms with Crippen molar-refractivity contribution in [3.05, 3.63) is 0 Å². The molecule has 1 atom stereocenters. The highest BCUT2D eigenvalue weighted by atomic mass is 16.5. The van der Waals surface area contributed by atoms with Crippen LogP contribution in [0.15, 0.2) is 0 Å². The molecule has 0 radical (unpaired) electrons. The highest BCUT2D eigenvalue weighted by Crippen LogP contribution is 2.38.